The largest absolute Gasteiger partial charge is 0.416 e. The van der Waals surface area contributed by atoms with Gasteiger partial charge in [0.1, 0.15) is 0 Å². The first-order chi connectivity index (χ1) is 9.60. The van der Waals surface area contributed by atoms with Crippen LogP contribution in [0.25, 0.3) is 0 Å². The molecule has 1 aromatic carbocycles. The van der Waals surface area contributed by atoms with Gasteiger partial charge in [-0.25, -0.2) is 8.42 Å². The van der Waals surface area contributed by atoms with Crippen LogP contribution >= 0.6 is 0 Å². The number of hydrogen-bond donors (Lipinski definition) is 0. The average Bonchev–Trinajstić information content (AvgIpc) is 2.36. The second-order valence-electron chi connectivity index (χ2n) is 5.10. The third-order valence-electron chi connectivity index (χ3n) is 3.19. The second kappa shape index (κ2) is 5.58. The Morgan fingerprint density at radius 1 is 1.19 bits per heavy atom. The average molecular weight is 323 g/mol. The van der Waals surface area contributed by atoms with Crippen molar-refractivity contribution in [3.8, 4) is 0 Å². The first-order valence-electron chi connectivity index (χ1n) is 6.43. The first-order valence-corrected chi connectivity index (χ1v) is 7.87. The van der Waals surface area contributed by atoms with Gasteiger partial charge in [0.25, 0.3) is 0 Å². The van der Waals surface area contributed by atoms with Crippen LogP contribution in [0, 0.1) is 0 Å². The lowest BCUT2D eigenvalue weighted by Gasteiger charge is -2.34. The molecule has 118 valence electrons. The van der Waals surface area contributed by atoms with Gasteiger partial charge >= 0.3 is 6.18 Å². The lowest BCUT2D eigenvalue weighted by atomic mass is 10.2. The number of alkyl halides is 3. The molecule has 1 aromatic rings. The van der Waals surface area contributed by atoms with Gasteiger partial charge in [-0.2, -0.15) is 17.5 Å². The summed E-state index contributed by atoms with van der Waals surface area (Å²) in [5.74, 6) is 0. The van der Waals surface area contributed by atoms with E-state index in [-0.39, 0.29) is 30.2 Å². The summed E-state index contributed by atoms with van der Waals surface area (Å²) in [6, 6.07) is 3.79. The van der Waals surface area contributed by atoms with Crippen molar-refractivity contribution in [2.45, 2.75) is 37.1 Å². The Hall–Kier alpha value is -1.12. The Labute approximate surface area is 121 Å². The summed E-state index contributed by atoms with van der Waals surface area (Å²) in [4.78, 5) is -0.348. The highest BCUT2D eigenvalue weighted by Crippen LogP contribution is 2.31. The second-order valence-corrected chi connectivity index (χ2v) is 7.04. The van der Waals surface area contributed by atoms with E-state index in [9.17, 15) is 21.6 Å². The first kappa shape index (κ1) is 16.3. The highest BCUT2D eigenvalue weighted by Gasteiger charge is 2.35. The standard InChI is InChI=1S/C13H16F3NO3S/c1-9-7-17(8-10(2)20-9)21(18,19)12-5-3-4-11(6-12)13(14,15)16/h3-6,9-10H,7-8H2,1-2H3/t9-,10+. The molecule has 1 fully saturated rings. The SMILES string of the molecule is C[C@@H]1CN(S(=O)(=O)c2cccc(C(F)(F)F)c2)C[C@H](C)O1. The van der Waals surface area contributed by atoms with Gasteiger partial charge in [0.2, 0.25) is 10.0 Å². The normalized spacial score (nSPS) is 25.0. The monoisotopic (exact) mass is 323 g/mol. The van der Waals surface area contributed by atoms with Crippen molar-refractivity contribution in [2.75, 3.05) is 13.1 Å². The van der Waals surface area contributed by atoms with Crippen molar-refractivity contribution in [1.82, 2.24) is 4.31 Å². The molecule has 1 heterocycles. The fraction of sp³-hybridized carbons (Fsp3) is 0.538. The van der Waals surface area contributed by atoms with E-state index in [2.05, 4.69) is 0 Å². The van der Waals surface area contributed by atoms with E-state index in [0.29, 0.717) is 6.07 Å². The number of morpholine rings is 1. The predicted octanol–water partition coefficient (Wildman–Crippen LogP) is 2.50. The van der Waals surface area contributed by atoms with E-state index in [1.165, 1.54) is 10.4 Å². The summed E-state index contributed by atoms with van der Waals surface area (Å²) < 4.78 is 69.6. The molecule has 0 N–H and O–H groups in total. The molecule has 2 atom stereocenters. The molecule has 8 heteroatoms. The van der Waals surface area contributed by atoms with Crippen molar-refractivity contribution in [1.29, 1.82) is 0 Å². The van der Waals surface area contributed by atoms with Gasteiger partial charge in [0.15, 0.2) is 0 Å². The highest BCUT2D eigenvalue weighted by atomic mass is 32.2. The van der Waals surface area contributed by atoms with Gasteiger partial charge in [-0.15, -0.1) is 0 Å². The molecule has 0 spiro atoms. The van der Waals surface area contributed by atoms with Crippen molar-refractivity contribution in [3.63, 3.8) is 0 Å². The van der Waals surface area contributed by atoms with Gasteiger partial charge in [-0.1, -0.05) is 6.07 Å². The van der Waals surface area contributed by atoms with Gasteiger partial charge in [0.05, 0.1) is 22.7 Å². The summed E-state index contributed by atoms with van der Waals surface area (Å²) >= 11 is 0. The smallest absolute Gasteiger partial charge is 0.373 e. The number of nitrogens with zero attached hydrogens (tertiary/aromatic N) is 1. The van der Waals surface area contributed by atoms with E-state index >= 15 is 0 Å². The van der Waals surface area contributed by atoms with Crippen LogP contribution in [0.3, 0.4) is 0 Å². The van der Waals surface area contributed by atoms with Crippen LogP contribution in [-0.4, -0.2) is 38.0 Å². The van der Waals surface area contributed by atoms with Gasteiger partial charge in [0, 0.05) is 13.1 Å². The van der Waals surface area contributed by atoms with Crippen molar-refractivity contribution in [3.05, 3.63) is 29.8 Å². The summed E-state index contributed by atoms with van der Waals surface area (Å²) in [7, 11) is -3.96. The molecule has 0 unspecified atom stereocenters. The summed E-state index contributed by atoms with van der Waals surface area (Å²) in [5.41, 5.74) is -0.974. The number of hydrogen-bond acceptors (Lipinski definition) is 3. The molecule has 0 saturated carbocycles. The maximum atomic E-state index is 12.7. The number of benzene rings is 1. The highest BCUT2D eigenvalue weighted by molar-refractivity contribution is 7.89. The molecule has 1 aliphatic rings. The summed E-state index contributed by atoms with van der Waals surface area (Å²) in [6.07, 6.45) is -5.17. The Balaban J connectivity index is 2.36. The Kier molecular flexibility index (Phi) is 4.32. The van der Waals surface area contributed by atoms with Crippen LogP contribution in [0.15, 0.2) is 29.2 Å². The van der Waals surface area contributed by atoms with Crippen molar-refractivity contribution in [2.24, 2.45) is 0 Å². The topological polar surface area (TPSA) is 46.6 Å². The fourth-order valence-corrected chi connectivity index (χ4v) is 3.95. The third kappa shape index (κ3) is 3.56. The van der Waals surface area contributed by atoms with E-state index in [1.807, 2.05) is 0 Å². The summed E-state index contributed by atoms with van der Waals surface area (Å²) in [6.45, 7) is 3.71. The Bertz CT molecular complexity index is 605. The molecule has 4 nitrogen and oxygen atoms in total. The number of rotatable bonds is 2. The molecular weight excluding hydrogens is 307 g/mol. The molecule has 1 aliphatic heterocycles. The summed E-state index contributed by atoms with van der Waals surface area (Å²) in [5, 5.41) is 0. The number of sulfonamides is 1. The maximum Gasteiger partial charge on any atom is 0.416 e. The quantitative estimate of drug-likeness (QED) is 0.840. The van der Waals surface area contributed by atoms with Crippen LogP contribution in [0.4, 0.5) is 13.2 Å². The molecule has 2 rings (SSSR count). The number of halogens is 3. The zero-order chi connectivity index (χ0) is 15.8. The van der Waals surface area contributed by atoms with E-state index in [0.717, 1.165) is 12.1 Å². The van der Waals surface area contributed by atoms with Gasteiger partial charge < -0.3 is 4.74 Å². The minimum absolute atomic E-state index is 0.128. The molecule has 0 bridgehead atoms. The van der Waals surface area contributed by atoms with E-state index < -0.39 is 21.8 Å². The van der Waals surface area contributed by atoms with Crippen LogP contribution in [-0.2, 0) is 20.9 Å². The van der Waals surface area contributed by atoms with Crippen molar-refractivity contribution < 1.29 is 26.3 Å². The van der Waals surface area contributed by atoms with Gasteiger partial charge in [-0.05, 0) is 32.0 Å². The lowest BCUT2D eigenvalue weighted by molar-refractivity contribution is -0.137. The van der Waals surface area contributed by atoms with Crippen LogP contribution in [0.1, 0.15) is 19.4 Å². The zero-order valence-corrected chi connectivity index (χ0v) is 12.4. The Morgan fingerprint density at radius 2 is 1.76 bits per heavy atom. The molecule has 1 saturated heterocycles. The minimum Gasteiger partial charge on any atom is -0.373 e. The molecule has 0 aliphatic carbocycles. The third-order valence-corrected chi connectivity index (χ3v) is 5.01. The van der Waals surface area contributed by atoms with Crippen LogP contribution in [0.2, 0.25) is 0 Å². The predicted molar refractivity (Wildman–Crippen MR) is 70.2 cm³/mol. The Morgan fingerprint density at radius 3 is 2.29 bits per heavy atom. The van der Waals surface area contributed by atoms with E-state index in [1.54, 1.807) is 13.8 Å². The molecule has 0 aromatic heterocycles. The zero-order valence-electron chi connectivity index (χ0n) is 11.6. The molecule has 0 amide bonds. The fourth-order valence-electron chi connectivity index (χ4n) is 2.31. The lowest BCUT2D eigenvalue weighted by Crippen LogP contribution is -2.48. The van der Waals surface area contributed by atoms with Crippen LogP contribution in [0.5, 0.6) is 0 Å². The van der Waals surface area contributed by atoms with Crippen LogP contribution < -0.4 is 0 Å². The van der Waals surface area contributed by atoms with Gasteiger partial charge in [-0.3, -0.25) is 0 Å². The number of ether oxygens (including phenoxy) is 1. The molecular formula is C13H16F3NO3S. The molecule has 0 radical (unpaired) electrons. The van der Waals surface area contributed by atoms with E-state index in [4.69, 9.17) is 4.74 Å². The minimum atomic E-state index is -4.57. The molecule has 21 heavy (non-hydrogen) atoms. The maximum absolute atomic E-state index is 12.7. The van der Waals surface area contributed by atoms with Crippen molar-refractivity contribution >= 4 is 10.0 Å².